The largest absolute Gasteiger partial charge is 0.494 e. The van der Waals surface area contributed by atoms with Gasteiger partial charge in [-0.1, -0.05) is 30.3 Å². The van der Waals surface area contributed by atoms with Crippen molar-refractivity contribution in [2.24, 2.45) is 5.92 Å². The molecule has 0 atom stereocenters. The van der Waals surface area contributed by atoms with E-state index in [0.29, 0.717) is 25.5 Å². The molecule has 0 aliphatic carbocycles. The van der Waals surface area contributed by atoms with Crippen LogP contribution in [0, 0.1) is 11.7 Å². The van der Waals surface area contributed by atoms with E-state index in [1.165, 1.54) is 17.7 Å². The number of amides is 1. The van der Waals surface area contributed by atoms with Crippen molar-refractivity contribution in [2.45, 2.75) is 45.7 Å². The molecule has 156 valence electrons. The van der Waals surface area contributed by atoms with Crippen LogP contribution in [0.1, 0.15) is 43.7 Å². The average molecular weight is 399 g/mol. The molecule has 1 aliphatic heterocycles. The number of hydrogen-bond donors (Lipinski definition) is 1. The minimum atomic E-state index is -0.257. The number of rotatable bonds is 9. The lowest BCUT2D eigenvalue weighted by Gasteiger charge is -2.32. The fourth-order valence-electron chi connectivity index (χ4n) is 3.83. The summed E-state index contributed by atoms with van der Waals surface area (Å²) in [4.78, 5) is 14.6. The van der Waals surface area contributed by atoms with Crippen molar-refractivity contribution in [3.63, 3.8) is 0 Å². The Kier molecular flexibility index (Phi) is 8.05. The number of para-hydroxylation sites is 1. The Labute approximate surface area is 173 Å². The maximum Gasteiger partial charge on any atom is 0.220 e. The number of halogens is 1. The van der Waals surface area contributed by atoms with Crippen molar-refractivity contribution in [3.05, 3.63) is 65.5 Å². The molecule has 1 saturated heterocycles. The monoisotopic (exact) mass is 398 g/mol. The zero-order valence-corrected chi connectivity index (χ0v) is 17.2. The van der Waals surface area contributed by atoms with Gasteiger partial charge in [0.15, 0.2) is 0 Å². The number of carbonyl (C=O) groups excluding carboxylic acids is 1. The molecule has 1 amide bonds. The van der Waals surface area contributed by atoms with Crippen LogP contribution in [0.4, 0.5) is 4.39 Å². The van der Waals surface area contributed by atoms with Crippen molar-refractivity contribution < 1.29 is 13.9 Å². The summed E-state index contributed by atoms with van der Waals surface area (Å²) in [6.45, 7) is 6.18. The van der Waals surface area contributed by atoms with Crippen LogP contribution >= 0.6 is 0 Å². The van der Waals surface area contributed by atoms with Crippen LogP contribution in [0.25, 0.3) is 0 Å². The number of likely N-dealkylation sites (tertiary alicyclic amines) is 1. The molecular formula is C24H31FN2O2. The molecule has 1 aliphatic rings. The number of carbonyl (C=O) groups is 1. The van der Waals surface area contributed by atoms with Crippen LogP contribution in [-0.4, -0.2) is 30.5 Å². The predicted octanol–water partition coefficient (Wildman–Crippen LogP) is 4.53. The van der Waals surface area contributed by atoms with Gasteiger partial charge in [-0.3, -0.25) is 9.69 Å². The lowest BCUT2D eigenvalue weighted by atomic mass is 9.92. The number of nitrogens with one attached hydrogen (secondary N) is 1. The first-order chi connectivity index (χ1) is 14.1. The molecule has 0 aromatic heterocycles. The molecule has 29 heavy (non-hydrogen) atoms. The Balaban J connectivity index is 1.35. The van der Waals surface area contributed by atoms with Crippen molar-refractivity contribution in [1.29, 1.82) is 0 Å². The summed E-state index contributed by atoms with van der Waals surface area (Å²) in [5, 5.41) is 2.93. The maximum atomic E-state index is 12.9. The van der Waals surface area contributed by atoms with Gasteiger partial charge in [0.05, 0.1) is 6.61 Å². The maximum absolute atomic E-state index is 12.9. The molecule has 0 unspecified atom stereocenters. The fourth-order valence-corrected chi connectivity index (χ4v) is 3.83. The highest BCUT2D eigenvalue weighted by Gasteiger charge is 2.20. The summed E-state index contributed by atoms with van der Waals surface area (Å²) in [7, 11) is 0. The van der Waals surface area contributed by atoms with E-state index in [0.717, 1.165) is 50.2 Å². The van der Waals surface area contributed by atoms with Gasteiger partial charge in [-0.25, -0.2) is 4.39 Å². The first-order valence-electron chi connectivity index (χ1n) is 10.6. The normalized spacial score (nSPS) is 15.2. The smallest absolute Gasteiger partial charge is 0.220 e. The standard InChI is InChI=1S/C24H31FN2O2/c1-2-29-23-6-4-3-5-21(23)18-27-15-13-19(14-16-27)9-12-24(28)26-17-20-7-10-22(25)11-8-20/h3-8,10-11,19H,2,9,12-18H2,1H3,(H,26,28). The third-order valence-corrected chi connectivity index (χ3v) is 5.56. The van der Waals surface area contributed by atoms with Crippen LogP contribution in [0.3, 0.4) is 0 Å². The topological polar surface area (TPSA) is 41.6 Å². The van der Waals surface area contributed by atoms with Crippen molar-refractivity contribution >= 4 is 5.91 Å². The SMILES string of the molecule is CCOc1ccccc1CN1CCC(CCC(=O)NCc2ccc(F)cc2)CC1. The highest BCUT2D eigenvalue weighted by molar-refractivity contribution is 5.75. The minimum Gasteiger partial charge on any atom is -0.494 e. The summed E-state index contributed by atoms with van der Waals surface area (Å²) < 4.78 is 18.7. The molecule has 3 rings (SSSR count). The van der Waals surface area contributed by atoms with Crippen molar-refractivity contribution in [1.82, 2.24) is 10.2 Å². The molecule has 2 aromatic carbocycles. The van der Waals surface area contributed by atoms with Gasteiger partial charge >= 0.3 is 0 Å². The van der Waals surface area contributed by atoms with E-state index < -0.39 is 0 Å². The molecule has 1 fully saturated rings. The Bertz CT molecular complexity index is 771. The summed E-state index contributed by atoms with van der Waals surface area (Å²) in [6.07, 6.45) is 3.74. The van der Waals surface area contributed by atoms with Gasteiger partial charge in [0.25, 0.3) is 0 Å². The summed E-state index contributed by atoms with van der Waals surface area (Å²) >= 11 is 0. The second-order valence-electron chi connectivity index (χ2n) is 7.70. The van der Waals surface area contributed by atoms with Gasteiger partial charge in [-0.15, -0.1) is 0 Å². The number of ether oxygens (including phenoxy) is 1. The van der Waals surface area contributed by atoms with E-state index in [4.69, 9.17) is 4.74 Å². The molecule has 2 aromatic rings. The van der Waals surface area contributed by atoms with E-state index in [1.54, 1.807) is 12.1 Å². The molecule has 0 bridgehead atoms. The highest BCUT2D eigenvalue weighted by Crippen LogP contribution is 2.25. The molecule has 0 radical (unpaired) electrons. The molecule has 4 nitrogen and oxygen atoms in total. The minimum absolute atomic E-state index is 0.0717. The molecule has 0 spiro atoms. The van der Waals surface area contributed by atoms with Crippen molar-refractivity contribution in [2.75, 3.05) is 19.7 Å². The second kappa shape index (κ2) is 11.0. The Morgan fingerprint density at radius 1 is 1.14 bits per heavy atom. The van der Waals surface area contributed by atoms with Crippen LogP contribution in [0.15, 0.2) is 48.5 Å². The van der Waals surface area contributed by atoms with Gasteiger partial charge in [0.2, 0.25) is 5.91 Å². The molecular weight excluding hydrogens is 367 g/mol. The third kappa shape index (κ3) is 6.86. The van der Waals surface area contributed by atoms with Crippen LogP contribution in [-0.2, 0) is 17.9 Å². The quantitative estimate of drug-likeness (QED) is 0.675. The highest BCUT2D eigenvalue weighted by atomic mass is 19.1. The van der Waals surface area contributed by atoms with Gasteiger partial charge in [-0.2, -0.15) is 0 Å². The van der Waals surface area contributed by atoms with Crippen LogP contribution < -0.4 is 10.1 Å². The van der Waals surface area contributed by atoms with Crippen molar-refractivity contribution in [3.8, 4) is 5.75 Å². The Hall–Kier alpha value is -2.40. The lowest BCUT2D eigenvalue weighted by molar-refractivity contribution is -0.121. The number of piperidine rings is 1. The number of hydrogen-bond acceptors (Lipinski definition) is 3. The van der Waals surface area contributed by atoms with Crippen LogP contribution in [0.2, 0.25) is 0 Å². The second-order valence-corrected chi connectivity index (χ2v) is 7.70. The van der Waals surface area contributed by atoms with Gasteiger partial charge in [0, 0.05) is 25.1 Å². The summed E-state index contributed by atoms with van der Waals surface area (Å²) in [5.41, 5.74) is 2.16. The number of benzene rings is 2. The third-order valence-electron chi connectivity index (χ3n) is 5.56. The zero-order chi connectivity index (χ0) is 20.5. The first kappa shape index (κ1) is 21.3. The number of nitrogens with zero attached hydrogens (tertiary/aromatic N) is 1. The summed E-state index contributed by atoms with van der Waals surface area (Å²) in [6, 6.07) is 14.5. The summed E-state index contributed by atoms with van der Waals surface area (Å²) in [5.74, 6) is 1.40. The van der Waals surface area contributed by atoms with Crippen LogP contribution in [0.5, 0.6) is 5.75 Å². The molecule has 1 heterocycles. The molecule has 1 N–H and O–H groups in total. The Morgan fingerprint density at radius 3 is 2.59 bits per heavy atom. The van der Waals surface area contributed by atoms with E-state index >= 15 is 0 Å². The predicted molar refractivity (Wildman–Crippen MR) is 113 cm³/mol. The van der Waals surface area contributed by atoms with E-state index in [-0.39, 0.29) is 11.7 Å². The first-order valence-corrected chi connectivity index (χ1v) is 10.6. The van der Waals surface area contributed by atoms with E-state index in [2.05, 4.69) is 22.3 Å². The zero-order valence-electron chi connectivity index (χ0n) is 17.2. The van der Waals surface area contributed by atoms with Gasteiger partial charge < -0.3 is 10.1 Å². The molecule has 5 heteroatoms. The van der Waals surface area contributed by atoms with Gasteiger partial charge in [0.1, 0.15) is 11.6 Å². The van der Waals surface area contributed by atoms with Gasteiger partial charge in [-0.05, 0) is 69.0 Å². The Morgan fingerprint density at radius 2 is 1.86 bits per heavy atom. The van der Waals surface area contributed by atoms with E-state index in [9.17, 15) is 9.18 Å². The fraction of sp³-hybridized carbons (Fsp3) is 0.458. The molecule has 0 saturated carbocycles. The average Bonchev–Trinajstić information content (AvgIpc) is 2.74. The lowest BCUT2D eigenvalue weighted by Crippen LogP contribution is -2.34. The van der Waals surface area contributed by atoms with E-state index in [1.807, 2.05) is 19.1 Å².